The predicted octanol–water partition coefficient (Wildman–Crippen LogP) is 2.83. The van der Waals surface area contributed by atoms with Gasteiger partial charge in [-0.15, -0.1) is 0 Å². The Morgan fingerprint density at radius 3 is 2.18 bits per heavy atom. The molecule has 1 N–H and O–H groups in total. The van der Waals surface area contributed by atoms with Crippen LogP contribution in [0.25, 0.3) is 0 Å². The van der Waals surface area contributed by atoms with Crippen LogP contribution in [-0.2, 0) is 4.74 Å². The Balaban J connectivity index is 1.61. The molecule has 1 aromatic carbocycles. The fourth-order valence-corrected chi connectivity index (χ4v) is 3.22. The van der Waals surface area contributed by atoms with Crippen LogP contribution < -0.4 is 10.2 Å². The minimum absolute atomic E-state index is 0.253. The van der Waals surface area contributed by atoms with Crippen molar-refractivity contribution in [2.75, 3.05) is 31.1 Å². The number of piperidine rings is 1. The number of hydrogen-bond acceptors (Lipinski definition) is 4. The van der Waals surface area contributed by atoms with Crippen molar-refractivity contribution in [3.8, 4) is 0 Å². The van der Waals surface area contributed by atoms with Crippen molar-refractivity contribution in [3.63, 3.8) is 0 Å². The summed E-state index contributed by atoms with van der Waals surface area (Å²) in [5.74, 6) is -0.253. The van der Waals surface area contributed by atoms with Crippen LogP contribution in [0.15, 0.2) is 24.3 Å². The fraction of sp³-hybridized carbons (Fsp3) is 0.611. The number of anilines is 1. The van der Waals surface area contributed by atoms with Crippen LogP contribution in [0.4, 0.5) is 5.69 Å². The van der Waals surface area contributed by atoms with Gasteiger partial charge in [-0.2, -0.15) is 0 Å². The summed E-state index contributed by atoms with van der Waals surface area (Å²) in [5, 5.41) is 3.39. The van der Waals surface area contributed by atoms with E-state index < -0.39 is 5.60 Å². The smallest absolute Gasteiger partial charge is 0.338 e. The van der Waals surface area contributed by atoms with Crippen LogP contribution in [0.2, 0.25) is 0 Å². The summed E-state index contributed by atoms with van der Waals surface area (Å²) >= 11 is 0. The summed E-state index contributed by atoms with van der Waals surface area (Å²) in [6.07, 6.45) is 2.52. The summed E-state index contributed by atoms with van der Waals surface area (Å²) in [4.78, 5) is 14.5. The highest BCUT2D eigenvalue weighted by Gasteiger charge is 2.39. The van der Waals surface area contributed by atoms with Gasteiger partial charge in [-0.3, -0.25) is 0 Å². The van der Waals surface area contributed by atoms with E-state index in [0.717, 1.165) is 13.1 Å². The first-order valence-corrected chi connectivity index (χ1v) is 8.16. The molecule has 4 nitrogen and oxygen atoms in total. The molecule has 0 aromatic heterocycles. The molecule has 0 atom stereocenters. The summed E-state index contributed by atoms with van der Waals surface area (Å²) in [7, 11) is 0. The van der Waals surface area contributed by atoms with Gasteiger partial charge < -0.3 is 15.0 Å². The molecule has 0 radical (unpaired) electrons. The van der Waals surface area contributed by atoms with Crippen LogP contribution in [-0.4, -0.2) is 37.7 Å². The first kappa shape index (κ1) is 15.3. The number of ether oxygens (including phenoxy) is 1. The number of nitrogens with zero attached hydrogens (tertiary/aromatic N) is 1. The van der Waals surface area contributed by atoms with Crippen LogP contribution in [0, 0.1) is 5.41 Å². The first-order chi connectivity index (χ1) is 10.4. The summed E-state index contributed by atoms with van der Waals surface area (Å²) in [6.45, 7) is 10.2. The second-order valence-electron chi connectivity index (χ2n) is 7.64. The van der Waals surface area contributed by atoms with Gasteiger partial charge in [-0.05, 0) is 63.3 Å². The van der Waals surface area contributed by atoms with E-state index in [1.165, 1.54) is 31.6 Å². The molecule has 22 heavy (non-hydrogen) atoms. The second kappa shape index (κ2) is 5.58. The minimum Gasteiger partial charge on any atom is -0.456 e. The van der Waals surface area contributed by atoms with Gasteiger partial charge in [-0.1, -0.05) is 0 Å². The molecule has 2 aliphatic heterocycles. The largest absolute Gasteiger partial charge is 0.456 e. The normalized spacial score (nSPS) is 20.6. The lowest BCUT2D eigenvalue weighted by Gasteiger charge is -2.49. The third-order valence-corrected chi connectivity index (χ3v) is 4.69. The Kier molecular flexibility index (Phi) is 3.89. The van der Waals surface area contributed by atoms with Crippen molar-refractivity contribution in [2.24, 2.45) is 5.41 Å². The molecule has 0 aliphatic carbocycles. The Morgan fingerprint density at radius 2 is 1.73 bits per heavy atom. The Morgan fingerprint density at radius 1 is 1.14 bits per heavy atom. The summed E-state index contributed by atoms with van der Waals surface area (Å²) in [6, 6.07) is 7.82. The SMILES string of the molecule is CC(C)(C)OC(=O)c1ccc(N2CCC3(CC2)CNC3)cc1. The quantitative estimate of drug-likeness (QED) is 0.853. The zero-order valence-corrected chi connectivity index (χ0v) is 13.8. The number of rotatable bonds is 2. The van der Waals surface area contributed by atoms with Crippen molar-refractivity contribution in [1.29, 1.82) is 0 Å². The van der Waals surface area contributed by atoms with Gasteiger partial charge in [0.1, 0.15) is 5.60 Å². The van der Waals surface area contributed by atoms with Gasteiger partial charge >= 0.3 is 5.97 Å². The lowest BCUT2D eigenvalue weighted by Crippen LogP contribution is -2.58. The average Bonchev–Trinajstić information content (AvgIpc) is 2.44. The minimum atomic E-state index is -0.451. The van der Waals surface area contributed by atoms with E-state index in [9.17, 15) is 4.79 Å². The molecule has 4 heteroatoms. The molecule has 3 rings (SSSR count). The molecular formula is C18H26N2O2. The molecule has 1 aromatic rings. The Bertz CT molecular complexity index is 531. The maximum absolute atomic E-state index is 12.0. The van der Waals surface area contributed by atoms with E-state index >= 15 is 0 Å². The van der Waals surface area contributed by atoms with Crippen molar-refractivity contribution in [3.05, 3.63) is 29.8 Å². The van der Waals surface area contributed by atoms with Gasteiger partial charge in [0.15, 0.2) is 0 Å². The Labute approximate surface area is 132 Å². The van der Waals surface area contributed by atoms with E-state index in [1.54, 1.807) is 0 Å². The number of esters is 1. The van der Waals surface area contributed by atoms with Crippen LogP contribution in [0.5, 0.6) is 0 Å². The van der Waals surface area contributed by atoms with Gasteiger partial charge in [-0.25, -0.2) is 4.79 Å². The highest BCUT2D eigenvalue weighted by molar-refractivity contribution is 5.90. The van der Waals surface area contributed by atoms with Crippen molar-refractivity contribution in [1.82, 2.24) is 5.32 Å². The van der Waals surface area contributed by atoms with Crippen molar-refractivity contribution < 1.29 is 9.53 Å². The van der Waals surface area contributed by atoms with Gasteiger partial charge in [0.2, 0.25) is 0 Å². The topological polar surface area (TPSA) is 41.6 Å². The molecular weight excluding hydrogens is 276 g/mol. The highest BCUT2D eigenvalue weighted by Crippen LogP contribution is 2.36. The molecule has 1 spiro atoms. The monoisotopic (exact) mass is 302 g/mol. The number of nitrogens with one attached hydrogen (secondary N) is 1. The van der Waals surface area contributed by atoms with E-state index in [4.69, 9.17) is 4.74 Å². The molecule has 2 saturated heterocycles. The molecule has 120 valence electrons. The molecule has 0 saturated carbocycles. The zero-order chi connectivity index (χ0) is 15.8. The van der Waals surface area contributed by atoms with E-state index in [-0.39, 0.29) is 5.97 Å². The van der Waals surface area contributed by atoms with Crippen molar-refractivity contribution in [2.45, 2.75) is 39.2 Å². The third kappa shape index (κ3) is 3.27. The maximum atomic E-state index is 12.0. The van der Waals surface area contributed by atoms with Crippen LogP contribution in [0.1, 0.15) is 44.0 Å². The van der Waals surface area contributed by atoms with Crippen LogP contribution >= 0.6 is 0 Å². The lowest BCUT2D eigenvalue weighted by molar-refractivity contribution is 0.00696. The number of carbonyl (C=O) groups excluding carboxylic acids is 1. The van der Waals surface area contributed by atoms with Crippen molar-refractivity contribution >= 4 is 11.7 Å². The van der Waals surface area contributed by atoms with E-state index in [2.05, 4.69) is 10.2 Å². The molecule has 0 unspecified atom stereocenters. The predicted molar refractivity (Wildman–Crippen MR) is 88.4 cm³/mol. The first-order valence-electron chi connectivity index (χ1n) is 8.16. The lowest BCUT2D eigenvalue weighted by atomic mass is 9.73. The molecule has 0 bridgehead atoms. The van der Waals surface area contributed by atoms with Gasteiger partial charge in [0.25, 0.3) is 0 Å². The third-order valence-electron chi connectivity index (χ3n) is 4.69. The Hall–Kier alpha value is -1.55. The zero-order valence-electron chi connectivity index (χ0n) is 13.8. The number of benzene rings is 1. The van der Waals surface area contributed by atoms with E-state index in [0.29, 0.717) is 11.0 Å². The molecule has 0 amide bonds. The molecule has 2 fully saturated rings. The summed E-state index contributed by atoms with van der Waals surface area (Å²) in [5.41, 5.74) is 1.94. The summed E-state index contributed by atoms with van der Waals surface area (Å²) < 4.78 is 5.40. The standard InChI is InChI=1S/C18H26N2O2/c1-17(2,3)22-16(21)14-4-6-15(7-5-14)20-10-8-18(9-11-20)12-19-13-18/h4-7,19H,8-13H2,1-3H3. The van der Waals surface area contributed by atoms with Gasteiger partial charge in [0, 0.05) is 31.9 Å². The molecule has 2 heterocycles. The molecule has 2 aliphatic rings. The fourth-order valence-electron chi connectivity index (χ4n) is 3.22. The average molecular weight is 302 g/mol. The second-order valence-corrected chi connectivity index (χ2v) is 7.64. The van der Waals surface area contributed by atoms with E-state index in [1.807, 2.05) is 45.0 Å². The van der Waals surface area contributed by atoms with Crippen LogP contribution in [0.3, 0.4) is 0 Å². The van der Waals surface area contributed by atoms with Gasteiger partial charge in [0.05, 0.1) is 5.56 Å². The maximum Gasteiger partial charge on any atom is 0.338 e. The number of hydrogen-bond donors (Lipinski definition) is 1. The number of carbonyl (C=O) groups is 1. The highest BCUT2D eigenvalue weighted by atomic mass is 16.6.